The van der Waals surface area contributed by atoms with Gasteiger partial charge in [-0.15, -0.1) is 0 Å². The highest BCUT2D eigenvalue weighted by atomic mass is 32.2. The summed E-state index contributed by atoms with van der Waals surface area (Å²) in [6.45, 7) is 5.08. The molecule has 0 amide bonds. The maximum Gasteiger partial charge on any atom is 0.211 e. The van der Waals surface area contributed by atoms with Crippen LogP contribution in [0.15, 0.2) is 58.8 Å². The summed E-state index contributed by atoms with van der Waals surface area (Å²) in [5, 5.41) is 1.04. The Morgan fingerprint density at radius 2 is 1.97 bits per heavy atom. The van der Waals surface area contributed by atoms with Gasteiger partial charge in [-0.25, -0.2) is 9.97 Å². The summed E-state index contributed by atoms with van der Waals surface area (Å²) in [5.74, 6) is 0.965. The minimum Gasteiger partial charge on any atom is -0.397 e. The van der Waals surface area contributed by atoms with Crippen LogP contribution in [0.4, 0.5) is 11.6 Å². The molecule has 0 bridgehead atoms. The Kier molecular flexibility index (Phi) is 4.73. The maximum atomic E-state index is 6.13. The fraction of sp³-hybridized carbons (Fsp3) is 0.375. The number of rotatable bonds is 3. The lowest BCUT2D eigenvalue weighted by molar-refractivity contribution is 0.0975. The first-order chi connectivity index (χ1) is 15.6. The molecule has 164 valence electrons. The molecule has 8 heteroatoms. The van der Waals surface area contributed by atoms with E-state index in [1.165, 1.54) is 6.42 Å². The topological polar surface area (TPSA) is 81.6 Å². The number of hydrogen-bond donors (Lipinski definition) is 1. The van der Waals surface area contributed by atoms with Crippen molar-refractivity contribution in [3.63, 3.8) is 0 Å². The largest absolute Gasteiger partial charge is 0.397 e. The number of piperidine rings is 1. The van der Waals surface area contributed by atoms with E-state index in [9.17, 15) is 0 Å². The zero-order chi connectivity index (χ0) is 21.7. The average molecular weight is 447 g/mol. The number of pyridine rings is 1. The van der Waals surface area contributed by atoms with Crippen LogP contribution in [0.3, 0.4) is 0 Å². The van der Waals surface area contributed by atoms with Crippen molar-refractivity contribution in [1.82, 2.24) is 19.4 Å². The predicted octanol–water partition coefficient (Wildman–Crippen LogP) is 4.41. The van der Waals surface area contributed by atoms with Crippen LogP contribution >= 0.6 is 11.8 Å². The van der Waals surface area contributed by atoms with Crippen molar-refractivity contribution < 1.29 is 4.74 Å². The Morgan fingerprint density at radius 3 is 2.78 bits per heavy atom. The van der Waals surface area contributed by atoms with Crippen molar-refractivity contribution in [3.05, 3.63) is 49.1 Å². The van der Waals surface area contributed by atoms with Crippen molar-refractivity contribution in [2.75, 3.05) is 30.3 Å². The highest BCUT2D eigenvalue weighted by Gasteiger charge is 2.41. The third kappa shape index (κ3) is 3.29. The number of benzene rings is 1. The van der Waals surface area contributed by atoms with Gasteiger partial charge in [0, 0.05) is 48.2 Å². The molecule has 1 aromatic carbocycles. The second-order valence-electron chi connectivity index (χ2n) is 9.01. The van der Waals surface area contributed by atoms with Crippen molar-refractivity contribution in [1.29, 1.82) is 0 Å². The van der Waals surface area contributed by atoms with Crippen LogP contribution in [0.25, 0.3) is 16.6 Å². The van der Waals surface area contributed by atoms with Crippen LogP contribution in [0.1, 0.15) is 26.2 Å². The van der Waals surface area contributed by atoms with Gasteiger partial charge < -0.3 is 15.4 Å². The summed E-state index contributed by atoms with van der Waals surface area (Å²) >= 11 is 1.65. The molecule has 0 saturated carbocycles. The Balaban J connectivity index is 1.30. The van der Waals surface area contributed by atoms with Crippen molar-refractivity contribution >= 4 is 39.9 Å². The van der Waals surface area contributed by atoms with Gasteiger partial charge in [0.25, 0.3) is 0 Å². The lowest BCUT2D eigenvalue weighted by Crippen LogP contribution is -2.41. The molecule has 2 saturated heterocycles. The highest BCUT2D eigenvalue weighted by molar-refractivity contribution is 7.99. The SMILES string of the molecule is C[C@H]1CC2(CCN(c3ncc(Sc4ccnc5c(N)cccc45)c4nccn34)CC2)CO1. The quantitative estimate of drug-likeness (QED) is 0.467. The van der Waals surface area contributed by atoms with E-state index in [-0.39, 0.29) is 0 Å². The number of nitrogen functional groups attached to an aromatic ring is 1. The van der Waals surface area contributed by atoms with Crippen molar-refractivity contribution in [2.24, 2.45) is 5.41 Å². The standard InChI is InChI=1S/C24H26N6OS/c1-16-13-24(15-31-16)6-10-29(11-7-24)23-28-14-20(22-27-9-12-30(22)23)32-19-5-8-26-21-17(19)3-2-4-18(21)25/h2-5,8-9,12,14,16H,6-7,10-11,13,15,25H2,1H3/t16-/m0/s1. The molecule has 4 aromatic rings. The molecule has 2 fully saturated rings. The normalized spacial score (nSPS) is 20.5. The summed E-state index contributed by atoms with van der Waals surface area (Å²) in [5.41, 5.74) is 8.92. The van der Waals surface area contributed by atoms with E-state index in [0.29, 0.717) is 17.2 Å². The Bertz CT molecular complexity index is 1300. The second-order valence-corrected chi connectivity index (χ2v) is 10.1. The zero-order valence-corrected chi connectivity index (χ0v) is 18.9. The average Bonchev–Trinajstić information content (AvgIpc) is 3.43. The molecule has 7 nitrogen and oxygen atoms in total. The van der Waals surface area contributed by atoms with Crippen LogP contribution < -0.4 is 10.6 Å². The number of hydrogen-bond acceptors (Lipinski definition) is 7. The van der Waals surface area contributed by atoms with Gasteiger partial charge in [-0.2, -0.15) is 0 Å². The number of ether oxygens (including phenoxy) is 1. The molecule has 6 rings (SSSR count). The molecule has 0 radical (unpaired) electrons. The predicted molar refractivity (Wildman–Crippen MR) is 127 cm³/mol. The molecule has 2 N–H and O–H groups in total. The fourth-order valence-electron chi connectivity index (χ4n) is 5.15. The Hall–Kier alpha value is -2.84. The second kappa shape index (κ2) is 7.64. The molecular formula is C24H26N6OS. The van der Waals surface area contributed by atoms with Crippen LogP contribution in [0.2, 0.25) is 0 Å². The molecule has 1 atom stereocenters. The lowest BCUT2D eigenvalue weighted by atomic mass is 9.77. The smallest absolute Gasteiger partial charge is 0.211 e. The number of para-hydroxylation sites is 1. The minimum atomic E-state index is 0.351. The van der Waals surface area contributed by atoms with Crippen LogP contribution in [-0.4, -0.2) is 45.2 Å². The van der Waals surface area contributed by atoms with E-state index >= 15 is 0 Å². The third-order valence-corrected chi connectivity index (χ3v) is 7.94. The van der Waals surface area contributed by atoms with E-state index in [0.717, 1.165) is 64.8 Å². The van der Waals surface area contributed by atoms with Gasteiger partial charge >= 0.3 is 0 Å². The van der Waals surface area contributed by atoms with E-state index in [4.69, 9.17) is 15.5 Å². The van der Waals surface area contributed by atoms with Crippen molar-refractivity contribution in [2.45, 2.75) is 42.1 Å². The molecule has 5 heterocycles. The minimum absolute atomic E-state index is 0.351. The number of aromatic nitrogens is 4. The van der Waals surface area contributed by atoms with Crippen LogP contribution in [0, 0.1) is 5.41 Å². The molecule has 2 aliphatic heterocycles. The van der Waals surface area contributed by atoms with Gasteiger partial charge in [-0.3, -0.25) is 9.38 Å². The lowest BCUT2D eigenvalue weighted by Gasteiger charge is -2.39. The van der Waals surface area contributed by atoms with E-state index in [1.54, 1.807) is 11.8 Å². The molecule has 32 heavy (non-hydrogen) atoms. The van der Waals surface area contributed by atoms with E-state index in [2.05, 4.69) is 32.3 Å². The van der Waals surface area contributed by atoms with Crippen LogP contribution in [-0.2, 0) is 4.74 Å². The fourth-order valence-corrected chi connectivity index (χ4v) is 6.13. The number of nitrogens with two attached hydrogens (primary N) is 1. The number of anilines is 2. The molecule has 1 spiro atoms. The van der Waals surface area contributed by atoms with Gasteiger partial charge in [-0.1, -0.05) is 23.9 Å². The Morgan fingerprint density at radius 1 is 1.09 bits per heavy atom. The molecule has 3 aromatic heterocycles. The number of fused-ring (bicyclic) bond motifs is 2. The number of nitrogens with zero attached hydrogens (tertiary/aromatic N) is 5. The third-order valence-electron chi connectivity index (χ3n) is 6.86. The molecule has 0 aliphatic carbocycles. The molecule has 0 unspecified atom stereocenters. The first kappa shape index (κ1) is 19.8. The monoisotopic (exact) mass is 446 g/mol. The summed E-state index contributed by atoms with van der Waals surface area (Å²) in [6.07, 6.45) is 11.5. The van der Waals surface area contributed by atoms with Gasteiger partial charge in [0.05, 0.1) is 28.8 Å². The summed E-state index contributed by atoms with van der Waals surface area (Å²) in [7, 11) is 0. The van der Waals surface area contributed by atoms with Crippen molar-refractivity contribution in [3.8, 4) is 0 Å². The number of imidazole rings is 1. The molecule has 2 aliphatic rings. The summed E-state index contributed by atoms with van der Waals surface area (Å²) in [4.78, 5) is 18.5. The van der Waals surface area contributed by atoms with E-state index in [1.807, 2.05) is 43.0 Å². The summed E-state index contributed by atoms with van der Waals surface area (Å²) < 4.78 is 8.01. The van der Waals surface area contributed by atoms with Gasteiger partial charge in [-0.05, 0) is 43.7 Å². The molecular weight excluding hydrogens is 420 g/mol. The first-order valence-corrected chi connectivity index (χ1v) is 11.9. The first-order valence-electron chi connectivity index (χ1n) is 11.1. The maximum absolute atomic E-state index is 6.13. The van der Waals surface area contributed by atoms with Gasteiger partial charge in [0.2, 0.25) is 5.95 Å². The van der Waals surface area contributed by atoms with Gasteiger partial charge in [0.15, 0.2) is 5.65 Å². The Labute approximate surface area is 191 Å². The van der Waals surface area contributed by atoms with E-state index < -0.39 is 0 Å². The van der Waals surface area contributed by atoms with Crippen LogP contribution in [0.5, 0.6) is 0 Å². The van der Waals surface area contributed by atoms with Gasteiger partial charge in [0.1, 0.15) is 0 Å². The highest BCUT2D eigenvalue weighted by Crippen LogP contribution is 2.43. The zero-order valence-electron chi connectivity index (χ0n) is 18.1. The summed E-state index contributed by atoms with van der Waals surface area (Å²) in [6, 6.07) is 7.93.